The number of aromatic nitrogens is 4. The van der Waals surface area contributed by atoms with Gasteiger partial charge in [-0.1, -0.05) is 19.9 Å². The summed E-state index contributed by atoms with van der Waals surface area (Å²) >= 11 is 0. The minimum atomic E-state index is -0.453. The van der Waals surface area contributed by atoms with Crippen LogP contribution in [0.1, 0.15) is 36.7 Å². The van der Waals surface area contributed by atoms with Crippen LogP contribution >= 0.6 is 0 Å². The molecule has 176 valence electrons. The van der Waals surface area contributed by atoms with Crippen molar-refractivity contribution in [2.24, 2.45) is 5.73 Å². The third-order valence-corrected chi connectivity index (χ3v) is 5.88. The number of anilines is 1. The van der Waals surface area contributed by atoms with E-state index in [1.54, 1.807) is 18.3 Å². The third-order valence-electron chi connectivity index (χ3n) is 5.88. The molecular weight excluding hydrogens is 431 g/mol. The molecule has 7 nitrogen and oxygen atoms in total. The smallest absolute Gasteiger partial charge is 0.132 e. The summed E-state index contributed by atoms with van der Waals surface area (Å²) < 4.78 is 20.4. The lowest BCUT2D eigenvalue weighted by molar-refractivity contribution is 0.122. The molecule has 3 heterocycles. The van der Waals surface area contributed by atoms with Crippen LogP contribution in [-0.4, -0.2) is 46.5 Å². The number of halogens is 1. The molecule has 2 N–H and O–H groups in total. The Hall–Kier alpha value is -3.49. The van der Waals surface area contributed by atoms with Crippen LogP contribution in [0.3, 0.4) is 0 Å². The van der Waals surface area contributed by atoms with Crippen molar-refractivity contribution in [3.63, 3.8) is 0 Å². The van der Waals surface area contributed by atoms with Crippen LogP contribution in [0.2, 0.25) is 0 Å². The van der Waals surface area contributed by atoms with Gasteiger partial charge < -0.3 is 15.4 Å². The first-order chi connectivity index (χ1) is 16.6. The standard InChI is InChI=1S/C24H23FN6O.C2H6/c1-15-18(6-7-29-30-15)23(26)16-2-5-21(25)20(12-16)24-19-4-3-17(13-22(19)27-14-28-24)31-8-10-32-11-9-31;1-2/h2-7,12-14,23H,8-11,26H2,1H3;1-2H3. The minimum absolute atomic E-state index is 0.359. The molecule has 34 heavy (non-hydrogen) atoms. The second-order valence-corrected chi connectivity index (χ2v) is 7.81. The Morgan fingerprint density at radius 2 is 1.82 bits per heavy atom. The first-order valence-corrected chi connectivity index (χ1v) is 11.5. The zero-order chi connectivity index (χ0) is 24.1. The predicted octanol–water partition coefficient (Wildman–Crippen LogP) is 4.45. The molecule has 1 unspecified atom stereocenters. The third kappa shape index (κ3) is 4.73. The van der Waals surface area contributed by atoms with E-state index < -0.39 is 6.04 Å². The lowest BCUT2D eigenvalue weighted by Gasteiger charge is -2.29. The van der Waals surface area contributed by atoms with Gasteiger partial charge in [-0.15, -0.1) is 0 Å². The molecule has 5 rings (SSSR count). The summed E-state index contributed by atoms with van der Waals surface area (Å²) in [6.07, 6.45) is 3.08. The van der Waals surface area contributed by atoms with Crippen molar-refractivity contribution in [3.8, 4) is 11.3 Å². The van der Waals surface area contributed by atoms with Gasteiger partial charge in [-0.2, -0.15) is 10.2 Å². The van der Waals surface area contributed by atoms with Crippen molar-refractivity contribution in [3.05, 3.63) is 77.6 Å². The second kappa shape index (κ2) is 10.6. The SMILES string of the molecule is CC.Cc1nnccc1C(N)c1ccc(F)c(-c2ncnc3cc(N4CCOCC4)ccc23)c1. The Morgan fingerprint density at radius 3 is 2.59 bits per heavy atom. The van der Waals surface area contributed by atoms with Gasteiger partial charge in [0.05, 0.1) is 36.2 Å². The second-order valence-electron chi connectivity index (χ2n) is 7.81. The zero-order valence-corrected chi connectivity index (χ0v) is 19.7. The zero-order valence-electron chi connectivity index (χ0n) is 19.7. The number of benzene rings is 2. The molecule has 2 aromatic heterocycles. The van der Waals surface area contributed by atoms with Crippen LogP contribution in [0.5, 0.6) is 0 Å². The Balaban J connectivity index is 0.00000133. The van der Waals surface area contributed by atoms with Gasteiger partial charge in [0, 0.05) is 35.9 Å². The normalized spacial score (nSPS) is 14.4. The number of hydrogen-bond donors (Lipinski definition) is 1. The largest absolute Gasteiger partial charge is 0.378 e. The number of rotatable bonds is 4. The van der Waals surface area contributed by atoms with Crippen molar-refractivity contribution in [2.75, 3.05) is 31.2 Å². The highest BCUT2D eigenvalue weighted by Crippen LogP contribution is 2.32. The molecule has 0 spiro atoms. The van der Waals surface area contributed by atoms with Gasteiger partial charge in [0.25, 0.3) is 0 Å². The molecule has 2 aromatic carbocycles. The highest BCUT2D eigenvalue weighted by atomic mass is 19.1. The van der Waals surface area contributed by atoms with Gasteiger partial charge in [-0.25, -0.2) is 14.4 Å². The quantitative estimate of drug-likeness (QED) is 0.481. The van der Waals surface area contributed by atoms with E-state index >= 15 is 0 Å². The summed E-state index contributed by atoms with van der Waals surface area (Å²) in [4.78, 5) is 11.1. The molecule has 1 fully saturated rings. The maximum Gasteiger partial charge on any atom is 0.132 e. The number of aryl methyl sites for hydroxylation is 1. The fraction of sp³-hybridized carbons (Fsp3) is 0.308. The number of nitrogens with zero attached hydrogens (tertiary/aromatic N) is 5. The summed E-state index contributed by atoms with van der Waals surface area (Å²) in [5.41, 5.74) is 11.6. The number of morpholine rings is 1. The van der Waals surface area contributed by atoms with E-state index in [1.165, 1.54) is 12.4 Å². The van der Waals surface area contributed by atoms with Crippen LogP contribution in [-0.2, 0) is 4.74 Å². The molecule has 0 amide bonds. The molecular formula is C26H29FN6O. The van der Waals surface area contributed by atoms with E-state index in [2.05, 4.69) is 25.1 Å². The average molecular weight is 461 g/mol. The van der Waals surface area contributed by atoms with Crippen LogP contribution in [0, 0.1) is 12.7 Å². The number of fused-ring (bicyclic) bond motifs is 1. The molecule has 1 aliphatic rings. The fourth-order valence-corrected chi connectivity index (χ4v) is 4.12. The van der Waals surface area contributed by atoms with Crippen molar-refractivity contribution in [2.45, 2.75) is 26.8 Å². The van der Waals surface area contributed by atoms with E-state index in [-0.39, 0.29) is 5.82 Å². The van der Waals surface area contributed by atoms with Gasteiger partial charge in [-0.3, -0.25) is 0 Å². The summed E-state index contributed by atoms with van der Waals surface area (Å²) in [5, 5.41) is 8.75. The fourth-order valence-electron chi connectivity index (χ4n) is 4.12. The molecule has 8 heteroatoms. The maximum atomic E-state index is 15.0. The van der Waals surface area contributed by atoms with Crippen LogP contribution in [0.15, 0.2) is 55.0 Å². The molecule has 4 aromatic rings. The summed E-state index contributed by atoms with van der Waals surface area (Å²) in [6.45, 7) is 8.94. The molecule has 0 aliphatic carbocycles. The maximum absolute atomic E-state index is 15.0. The average Bonchev–Trinajstić information content (AvgIpc) is 2.90. The molecule has 1 aliphatic heterocycles. The first-order valence-electron chi connectivity index (χ1n) is 11.5. The Labute approximate surface area is 198 Å². The number of ether oxygens (including phenoxy) is 1. The van der Waals surface area contributed by atoms with E-state index in [0.717, 1.165) is 46.5 Å². The monoisotopic (exact) mass is 460 g/mol. The Morgan fingerprint density at radius 1 is 1.03 bits per heavy atom. The highest BCUT2D eigenvalue weighted by molar-refractivity contribution is 5.94. The predicted molar refractivity (Wildman–Crippen MR) is 132 cm³/mol. The first kappa shape index (κ1) is 23.7. The summed E-state index contributed by atoms with van der Waals surface area (Å²) in [5.74, 6) is -0.359. The lowest BCUT2D eigenvalue weighted by atomic mass is 9.95. The number of nitrogens with two attached hydrogens (primary N) is 1. The molecule has 1 atom stereocenters. The van der Waals surface area contributed by atoms with Crippen molar-refractivity contribution < 1.29 is 9.13 Å². The van der Waals surface area contributed by atoms with Crippen LogP contribution in [0.25, 0.3) is 22.2 Å². The van der Waals surface area contributed by atoms with E-state index in [0.29, 0.717) is 24.5 Å². The van der Waals surface area contributed by atoms with Crippen molar-refractivity contribution in [1.29, 1.82) is 0 Å². The van der Waals surface area contributed by atoms with Gasteiger partial charge in [-0.05, 0) is 54.4 Å². The molecule has 0 saturated carbocycles. The van der Waals surface area contributed by atoms with E-state index in [4.69, 9.17) is 10.5 Å². The van der Waals surface area contributed by atoms with Gasteiger partial charge in [0.1, 0.15) is 12.1 Å². The van der Waals surface area contributed by atoms with Crippen molar-refractivity contribution in [1.82, 2.24) is 20.2 Å². The van der Waals surface area contributed by atoms with E-state index in [9.17, 15) is 4.39 Å². The molecule has 0 bridgehead atoms. The van der Waals surface area contributed by atoms with Gasteiger partial charge in [0.15, 0.2) is 0 Å². The molecule has 1 saturated heterocycles. The van der Waals surface area contributed by atoms with Crippen molar-refractivity contribution >= 4 is 16.6 Å². The Bertz CT molecular complexity index is 1280. The van der Waals surface area contributed by atoms with Gasteiger partial charge in [0.2, 0.25) is 0 Å². The lowest BCUT2D eigenvalue weighted by Crippen LogP contribution is -2.36. The molecule has 0 radical (unpaired) electrons. The minimum Gasteiger partial charge on any atom is -0.378 e. The summed E-state index contributed by atoms with van der Waals surface area (Å²) in [6, 6.07) is 12.3. The Kier molecular flexibility index (Phi) is 7.40. The summed E-state index contributed by atoms with van der Waals surface area (Å²) in [7, 11) is 0. The number of hydrogen-bond acceptors (Lipinski definition) is 7. The topological polar surface area (TPSA) is 90.0 Å². The van der Waals surface area contributed by atoms with E-state index in [1.807, 2.05) is 45.0 Å². The van der Waals surface area contributed by atoms with Crippen LogP contribution in [0.4, 0.5) is 10.1 Å². The highest BCUT2D eigenvalue weighted by Gasteiger charge is 2.18. The van der Waals surface area contributed by atoms with Crippen LogP contribution < -0.4 is 10.6 Å². The van der Waals surface area contributed by atoms with Gasteiger partial charge >= 0.3 is 0 Å².